The first kappa shape index (κ1) is 18.3. The first-order valence-electron chi connectivity index (χ1n) is 10.5. The summed E-state index contributed by atoms with van der Waals surface area (Å²) < 4.78 is 11.1. The lowest BCUT2D eigenvalue weighted by atomic mass is 10.0. The van der Waals surface area contributed by atoms with Crippen molar-refractivity contribution in [2.75, 3.05) is 31.3 Å². The number of hydrogen-bond acceptors (Lipinski definition) is 5. The summed E-state index contributed by atoms with van der Waals surface area (Å²) in [5.74, 6) is 3.17. The lowest BCUT2D eigenvalue weighted by Crippen LogP contribution is -2.24. The summed E-state index contributed by atoms with van der Waals surface area (Å²) in [6.45, 7) is 6.45. The van der Waals surface area contributed by atoms with Gasteiger partial charge in [-0.3, -0.25) is 0 Å². The molecule has 3 aromatic rings. The van der Waals surface area contributed by atoms with Crippen molar-refractivity contribution in [3.63, 3.8) is 0 Å². The van der Waals surface area contributed by atoms with Gasteiger partial charge in [0.1, 0.15) is 5.82 Å². The zero-order valence-corrected chi connectivity index (χ0v) is 16.9. The molecule has 1 fully saturated rings. The molecule has 2 aliphatic heterocycles. The van der Waals surface area contributed by atoms with E-state index in [2.05, 4.69) is 59.6 Å². The Labute approximate surface area is 171 Å². The van der Waals surface area contributed by atoms with Gasteiger partial charge in [-0.25, -0.2) is 4.98 Å². The molecule has 1 N–H and O–H groups in total. The third kappa shape index (κ3) is 3.75. The highest BCUT2D eigenvalue weighted by atomic mass is 16.7. The van der Waals surface area contributed by atoms with Crippen LogP contribution in [0.1, 0.15) is 36.8 Å². The Kier molecular flexibility index (Phi) is 4.98. The van der Waals surface area contributed by atoms with Gasteiger partial charge >= 0.3 is 0 Å². The van der Waals surface area contributed by atoms with Gasteiger partial charge in [0.25, 0.3) is 0 Å². The Balaban J connectivity index is 1.40. The van der Waals surface area contributed by atoms with Crippen molar-refractivity contribution < 1.29 is 9.47 Å². The summed E-state index contributed by atoms with van der Waals surface area (Å²) >= 11 is 0. The maximum absolute atomic E-state index is 5.56. The summed E-state index contributed by atoms with van der Waals surface area (Å²) in [4.78, 5) is 7.46. The Hall–Kier alpha value is -2.79. The lowest BCUT2D eigenvalue weighted by molar-refractivity contribution is 0.174. The zero-order chi connectivity index (χ0) is 19.6. The van der Waals surface area contributed by atoms with E-state index in [0.29, 0.717) is 5.92 Å². The van der Waals surface area contributed by atoms with Crippen molar-refractivity contribution in [1.29, 1.82) is 0 Å². The number of hydrogen-bond donors (Lipinski definition) is 1. The molecular weight excluding hydrogens is 362 g/mol. The van der Waals surface area contributed by atoms with Crippen LogP contribution in [0.15, 0.2) is 48.5 Å². The van der Waals surface area contributed by atoms with Crippen LogP contribution in [0.2, 0.25) is 0 Å². The second-order valence-electron chi connectivity index (χ2n) is 8.01. The first-order valence-corrected chi connectivity index (χ1v) is 10.5. The molecule has 0 radical (unpaired) electrons. The minimum Gasteiger partial charge on any atom is -0.454 e. The summed E-state index contributed by atoms with van der Waals surface area (Å²) in [5.41, 5.74) is 3.58. The van der Waals surface area contributed by atoms with Crippen LogP contribution in [0.3, 0.4) is 0 Å². The normalized spacial score (nSPS) is 16.5. The van der Waals surface area contributed by atoms with E-state index in [1.165, 1.54) is 24.0 Å². The summed E-state index contributed by atoms with van der Waals surface area (Å²) in [6.07, 6.45) is 2.47. The molecule has 0 unspecified atom stereocenters. The minimum absolute atomic E-state index is 0.288. The molecule has 0 bridgehead atoms. The van der Waals surface area contributed by atoms with E-state index in [1.54, 1.807) is 0 Å². The molecule has 1 atom stereocenters. The fourth-order valence-electron chi connectivity index (χ4n) is 4.25. The highest BCUT2D eigenvalue weighted by molar-refractivity contribution is 5.85. The molecule has 0 saturated carbocycles. The molecule has 5 nitrogen and oxygen atoms in total. The minimum atomic E-state index is 0.288. The predicted octanol–water partition coefficient (Wildman–Crippen LogP) is 4.46. The topological polar surface area (TPSA) is 46.6 Å². The number of rotatable bonds is 6. The Morgan fingerprint density at radius 2 is 1.79 bits per heavy atom. The van der Waals surface area contributed by atoms with E-state index in [-0.39, 0.29) is 6.79 Å². The highest BCUT2D eigenvalue weighted by Crippen LogP contribution is 2.37. The van der Waals surface area contributed by atoms with E-state index in [4.69, 9.17) is 14.5 Å². The second-order valence-corrected chi connectivity index (χ2v) is 8.01. The molecule has 1 saturated heterocycles. The first-order chi connectivity index (χ1) is 14.3. The molecule has 0 amide bonds. The fourth-order valence-corrected chi connectivity index (χ4v) is 4.25. The maximum Gasteiger partial charge on any atom is 0.231 e. The second kappa shape index (κ2) is 7.91. The number of nitrogens with zero attached hydrogens (tertiary/aromatic N) is 2. The average molecular weight is 389 g/mol. The molecule has 5 heteroatoms. The van der Waals surface area contributed by atoms with Crippen LogP contribution in [0.25, 0.3) is 10.9 Å². The van der Waals surface area contributed by atoms with E-state index in [0.717, 1.165) is 54.4 Å². The Morgan fingerprint density at radius 3 is 2.59 bits per heavy atom. The molecule has 0 spiro atoms. The monoisotopic (exact) mass is 389 g/mol. The molecule has 150 valence electrons. The van der Waals surface area contributed by atoms with Crippen LogP contribution in [-0.2, 0) is 6.54 Å². The number of aromatic nitrogens is 1. The fraction of sp³-hybridized carbons (Fsp3) is 0.375. The molecule has 2 aromatic carbocycles. The van der Waals surface area contributed by atoms with Crippen molar-refractivity contribution in [3.8, 4) is 11.5 Å². The molecule has 2 aliphatic rings. The van der Waals surface area contributed by atoms with Crippen molar-refractivity contribution in [2.45, 2.75) is 32.2 Å². The molecule has 3 heterocycles. The third-order valence-electron chi connectivity index (χ3n) is 5.91. The van der Waals surface area contributed by atoms with Gasteiger partial charge in [0.15, 0.2) is 11.5 Å². The smallest absolute Gasteiger partial charge is 0.231 e. The molecular formula is C24H27N3O2. The number of nitrogens with one attached hydrogen (secondary N) is 1. The van der Waals surface area contributed by atoms with Crippen molar-refractivity contribution in [3.05, 3.63) is 59.7 Å². The maximum atomic E-state index is 5.56. The van der Waals surface area contributed by atoms with E-state index >= 15 is 0 Å². The lowest BCUT2D eigenvalue weighted by Gasteiger charge is -2.22. The van der Waals surface area contributed by atoms with Gasteiger partial charge in [-0.05, 0) is 36.5 Å². The van der Waals surface area contributed by atoms with Crippen LogP contribution in [0, 0.1) is 0 Å². The van der Waals surface area contributed by atoms with Crippen molar-refractivity contribution in [2.24, 2.45) is 0 Å². The molecule has 5 rings (SSSR count). The molecule has 29 heavy (non-hydrogen) atoms. The number of pyridine rings is 1. The van der Waals surface area contributed by atoms with Crippen LogP contribution < -0.4 is 19.7 Å². The van der Waals surface area contributed by atoms with Gasteiger partial charge in [-0.15, -0.1) is 0 Å². The number of anilines is 1. The average Bonchev–Trinajstić information content (AvgIpc) is 3.44. The number of fused-ring (bicyclic) bond motifs is 2. The molecule has 0 aliphatic carbocycles. The highest BCUT2D eigenvalue weighted by Gasteiger charge is 2.21. The van der Waals surface area contributed by atoms with Gasteiger partial charge in [0.05, 0.1) is 5.52 Å². The predicted molar refractivity (Wildman–Crippen MR) is 116 cm³/mol. The Bertz CT molecular complexity index is 1000. The number of benzene rings is 2. The summed E-state index contributed by atoms with van der Waals surface area (Å²) in [5, 5.41) is 4.76. The van der Waals surface area contributed by atoms with Crippen LogP contribution in [0.5, 0.6) is 11.5 Å². The zero-order valence-electron chi connectivity index (χ0n) is 16.9. The summed E-state index contributed by atoms with van der Waals surface area (Å²) in [7, 11) is 0. The SMILES string of the molecule is C[C@@H](CNCc1cc2cc3c(cc2nc1N1CCCC1)OCO3)c1ccccc1. The third-order valence-corrected chi connectivity index (χ3v) is 5.91. The van der Waals surface area contributed by atoms with Gasteiger partial charge in [0, 0.05) is 43.2 Å². The van der Waals surface area contributed by atoms with Gasteiger partial charge in [-0.1, -0.05) is 37.3 Å². The molecule has 1 aromatic heterocycles. The summed E-state index contributed by atoms with van der Waals surface area (Å²) in [6, 6.07) is 17.0. The van der Waals surface area contributed by atoms with Crippen LogP contribution in [-0.4, -0.2) is 31.4 Å². The van der Waals surface area contributed by atoms with Gasteiger partial charge < -0.3 is 19.7 Å². The van der Waals surface area contributed by atoms with Crippen molar-refractivity contribution >= 4 is 16.7 Å². The van der Waals surface area contributed by atoms with Gasteiger partial charge in [-0.2, -0.15) is 0 Å². The van der Waals surface area contributed by atoms with E-state index in [9.17, 15) is 0 Å². The van der Waals surface area contributed by atoms with Gasteiger partial charge in [0.2, 0.25) is 6.79 Å². The Morgan fingerprint density at radius 1 is 1.03 bits per heavy atom. The van der Waals surface area contributed by atoms with Crippen molar-refractivity contribution in [1.82, 2.24) is 10.3 Å². The van der Waals surface area contributed by atoms with E-state index in [1.807, 2.05) is 6.07 Å². The standard InChI is InChI=1S/C24H27N3O2/c1-17(18-7-3-2-4-8-18)14-25-15-20-11-19-12-22-23(29-16-28-22)13-21(19)26-24(20)27-9-5-6-10-27/h2-4,7-8,11-13,17,25H,5-6,9-10,14-16H2,1H3/t17-/m0/s1. The van der Waals surface area contributed by atoms with E-state index < -0.39 is 0 Å². The van der Waals surface area contributed by atoms with Crippen LogP contribution in [0.4, 0.5) is 5.82 Å². The van der Waals surface area contributed by atoms with Crippen LogP contribution >= 0.6 is 0 Å². The largest absolute Gasteiger partial charge is 0.454 e. The number of ether oxygens (including phenoxy) is 2. The quantitative estimate of drug-likeness (QED) is 0.675.